The molecule has 0 saturated carbocycles. The Labute approximate surface area is 179 Å². The van der Waals surface area contributed by atoms with Crippen LogP contribution >= 0.6 is 0 Å². The first-order valence-electron chi connectivity index (χ1n) is 10.2. The molecule has 2 N–H and O–H groups in total. The molecule has 0 saturated heterocycles. The van der Waals surface area contributed by atoms with Crippen LogP contribution in [0.15, 0.2) is 90.0 Å². The Bertz CT molecular complexity index is 1250. The molecule has 1 amide bonds. The molecule has 1 aromatic heterocycles. The lowest BCUT2D eigenvalue weighted by Gasteiger charge is -2.17. The number of nitrogens with one attached hydrogen (secondary N) is 1. The summed E-state index contributed by atoms with van der Waals surface area (Å²) in [6.45, 7) is 0.0353. The lowest BCUT2D eigenvalue weighted by molar-refractivity contribution is -0.116. The van der Waals surface area contributed by atoms with Crippen molar-refractivity contribution in [3.63, 3.8) is 0 Å². The monoisotopic (exact) mass is 413 g/mol. The zero-order valence-corrected chi connectivity index (χ0v) is 16.9. The molecule has 1 heterocycles. The first-order valence-corrected chi connectivity index (χ1v) is 10.2. The highest BCUT2D eigenvalue weighted by Crippen LogP contribution is 2.24. The quantitative estimate of drug-likeness (QED) is 0.484. The Kier molecular flexibility index (Phi) is 6.19. The highest BCUT2D eigenvalue weighted by Gasteiger charge is 2.16. The van der Waals surface area contributed by atoms with Crippen molar-refractivity contribution in [2.75, 3.05) is 5.32 Å². The molecule has 0 fully saturated rings. The Morgan fingerprint density at radius 3 is 2.52 bits per heavy atom. The van der Waals surface area contributed by atoms with Gasteiger partial charge in [-0.15, -0.1) is 0 Å². The van der Waals surface area contributed by atoms with Crippen LogP contribution in [0.1, 0.15) is 23.7 Å². The van der Waals surface area contributed by atoms with Crippen molar-refractivity contribution in [1.82, 2.24) is 9.55 Å². The van der Waals surface area contributed by atoms with E-state index < -0.39 is 6.10 Å². The lowest BCUT2D eigenvalue weighted by Crippen LogP contribution is -2.24. The van der Waals surface area contributed by atoms with Crippen molar-refractivity contribution in [2.24, 2.45) is 0 Å². The van der Waals surface area contributed by atoms with Gasteiger partial charge in [0.1, 0.15) is 0 Å². The second kappa shape index (κ2) is 9.36. The standard InChI is InChI=1S/C25H23N3O3/c29-23(16-28-17-26-21-12-6-5-11-20(21)25(28)31)19-10-4-7-13-22(19)27-24(30)15-14-18-8-2-1-3-9-18/h1-13,17,23,29H,14-16H2,(H,27,30). The minimum Gasteiger partial charge on any atom is -0.386 e. The number of carbonyl (C=O) groups excluding carboxylic acids is 1. The number of aryl methyl sites for hydroxylation is 1. The zero-order valence-electron chi connectivity index (χ0n) is 16.9. The fraction of sp³-hybridized carbons (Fsp3) is 0.160. The fourth-order valence-corrected chi connectivity index (χ4v) is 3.54. The fourth-order valence-electron chi connectivity index (χ4n) is 3.54. The van der Waals surface area contributed by atoms with E-state index in [1.54, 1.807) is 42.5 Å². The van der Waals surface area contributed by atoms with Gasteiger partial charge in [0.05, 0.1) is 29.9 Å². The van der Waals surface area contributed by atoms with E-state index in [9.17, 15) is 14.7 Å². The van der Waals surface area contributed by atoms with E-state index in [-0.39, 0.29) is 18.0 Å². The van der Waals surface area contributed by atoms with E-state index in [1.807, 2.05) is 36.4 Å². The molecule has 3 aromatic carbocycles. The van der Waals surface area contributed by atoms with Crippen molar-refractivity contribution in [3.05, 3.63) is 107 Å². The van der Waals surface area contributed by atoms with Gasteiger partial charge in [0.2, 0.25) is 5.91 Å². The Morgan fingerprint density at radius 2 is 1.68 bits per heavy atom. The average Bonchev–Trinajstić information content (AvgIpc) is 2.81. The number of hydrogen-bond donors (Lipinski definition) is 2. The molecule has 156 valence electrons. The van der Waals surface area contributed by atoms with Crippen LogP contribution in [0.2, 0.25) is 0 Å². The summed E-state index contributed by atoms with van der Waals surface area (Å²) in [5.41, 5.74) is 2.58. The number of benzene rings is 3. The number of aliphatic hydroxyl groups excluding tert-OH is 1. The summed E-state index contributed by atoms with van der Waals surface area (Å²) < 4.78 is 1.39. The first kappa shape index (κ1) is 20.5. The molecule has 0 radical (unpaired) electrons. The number of aliphatic hydroxyl groups is 1. The third kappa shape index (κ3) is 4.87. The predicted octanol–water partition coefficient (Wildman–Crippen LogP) is 3.70. The number of fused-ring (bicyclic) bond motifs is 1. The molecule has 31 heavy (non-hydrogen) atoms. The zero-order chi connectivity index (χ0) is 21.6. The number of carbonyl (C=O) groups is 1. The molecule has 1 unspecified atom stereocenters. The minimum absolute atomic E-state index is 0.0353. The van der Waals surface area contributed by atoms with Gasteiger partial charge in [-0.1, -0.05) is 60.7 Å². The molecule has 0 aliphatic rings. The van der Waals surface area contributed by atoms with Gasteiger partial charge in [-0.2, -0.15) is 0 Å². The SMILES string of the molecule is O=C(CCc1ccccc1)Nc1ccccc1C(O)Cn1cnc2ccccc2c1=O. The highest BCUT2D eigenvalue weighted by atomic mass is 16.3. The van der Waals surface area contributed by atoms with E-state index in [0.717, 1.165) is 5.56 Å². The minimum atomic E-state index is -0.980. The predicted molar refractivity (Wildman–Crippen MR) is 121 cm³/mol. The average molecular weight is 413 g/mol. The molecule has 6 heteroatoms. The van der Waals surface area contributed by atoms with Crippen LogP contribution in [0.4, 0.5) is 5.69 Å². The van der Waals surface area contributed by atoms with Gasteiger partial charge in [-0.3, -0.25) is 14.2 Å². The number of rotatable bonds is 7. The molecule has 0 aliphatic heterocycles. The lowest BCUT2D eigenvalue weighted by atomic mass is 10.1. The van der Waals surface area contributed by atoms with Crippen molar-refractivity contribution in [2.45, 2.75) is 25.5 Å². The second-order valence-electron chi connectivity index (χ2n) is 7.36. The van der Waals surface area contributed by atoms with Crippen LogP contribution in [0, 0.1) is 0 Å². The maximum absolute atomic E-state index is 12.7. The molecule has 1 atom stereocenters. The van der Waals surface area contributed by atoms with Crippen LogP contribution in [0.3, 0.4) is 0 Å². The van der Waals surface area contributed by atoms with Gasteiger partial charge in [0, 0.05) is 17.7 Å². The third-order valence-electron chi connectivity index (χ3n) is 5.18. The Hall–Kier alpha value is -3.77. The van der Waals surface area contributed by atoms with Crippen molar-refractivity contribution in [3.8, 4) is 0 Å². The van der Waals surface area contributed by atoms with Crippen molar-refractivity contribution < 1.29 is 9.90 Å². The maximum Gasteiger partial charge on any atom is 0.261 e. The number of para-hydroxylation sites is 2. The normalized spacial score (nSPS) is 11.9. The second-order valence-corrected chi connectivity index (χ2v) is 7.36. The summed E-state index contributed by atoms with van der Waals surface area (Å²) >= 11 is 0. The first-order chi connectivity index (χ1) is 15.1. The van der Waals surface area contributed by atoms with Gasteiger partial charge in [-0.05, 0) is 30.2 Å². The topological polar surface area (TPSA) is 84.2 Å². The van der Waals surface area contributed by atoms with Crippen LogP contribution in [-0.4, -0.2) is 20.6 Å². The van der Waals surface area contributed by atoms with E-state index in [0.29, 0.717) is 35.0 Å². The summed E-state index contributed by atoms with van der Waals surface area (Å²) in [4.78, 5) is 29.5. The summed E-state index contributed by atoms with van der Waals surface area (Å²) in [5.74, 6) is -0.131. The van der Waals surface area contributed by atoms with E-state index in [2.05, 4.69) is 10.3 Å². The smallest absolute Gasteiger partial charge is 0.261 e. The third-order valence-corrected chi connectivity index (χ3v) is 5.18. The van der Waals surface area contributed by atoms with Crippen molar-refractivity contribution in [1.29, 1.82) is 0 Å². The van der Waals surface area contributed by atoms with Gasteiger partial charge in [0.25, 0.3) is 5.56 Å². The van der Waals surface area contributed by atoms with E-state index >= 15 is 0 Å². The summed E-state index contributed by atoms with van der Waals surface area (Å²) in [6.07, 6.45) is 1.43. The Balaban J connectivity index is 1.48. The maximum atomic E-state index is 12.7. The number of anilines is 1. The van der Waals surface area contributed by atoms with Gasteiger partial charge in [0.15, 0.2) is 0 Å². The molecule has 4 rings (SSSR count). The molecule has 0 spiro atoms. The molecule has 4 aromatic rings. The summed E-state index contributed by atoms with van der Waals surface area (Å²) in [6, 6.07) is 24.0. The van der Waals surface area contributed by atoms with Crippen LogP contribution in [0.5, 0.6) is 0 Å². The number of amides is 1. The largest absolute Gasteiger partial charge is 0.386 e. The molecular formula is C25H23N3O3. The van der Waals surface area contributed by atoms with Crippen LogP contribution in [-0.2, 0) is 17.8 Å². The Morgan fingerprint density at radius 1 is 0.968 bits per heavy atom. The molecule has 6 nitrogen and oxygen atoms in total. The van der Waals surface area contributed by atoms with Gasteiger partial charge in [-0.25, -0.2) is 4.98 Å². The molecular weight excluding hydrogens is 390 g/mol. The number of nitrogens with zero attached hydrogens (tertiary/aromatic N) is 2. The molecule has 0 bridgehead atoms. The van der Waals surface area contributed by atoms with Gasteiger partial charge >= 0.3 is 0 Å². The van der Waals surface area contributed by atoms with Gasteiger partial charge < -0.3 is 10.4 Å². The molecule has 0 aliphatic carbocycles. The van der Waals surface area contributed by atoms with Crippen LogP contribution in [0.25, 0.3) is 10.9 Å². The summed E-state index contributed by atoms with van der Waals surface area (Å²) in [7, 11) is 0. The highest BCUT2D eigenvalue weighted by molar-refractivity contribution is 5.91. The van der Waals surface area contributed by atoms with E-state index in [1.165, 1.54) is 10.9 Å². The van der Waals surface area contributed by atoms with Crippen molar-refractivity contribution >= 4 is 22.5 Å². The number of hydrogen-bond acceptors (Lipinski definition) is 4. The van der Waals surface area contributed by atoms with E-state index in [4.69, 9.17) is 0 Å². The number of aromatic nitrogens is 2. The summed E-state index contributed by atoms with van der Waals surface area (Å²) in [5, 5.41) is 14.2. The van der Waals surface area contributed by atoms with Crippen LogP contribution < -0.4 is 10.9 Å².